The van der Waals surface area contributed by atoms with Crippen LogP contribution in [0, 0.1) is 20.2 Å². The summed E-state index contributed by atoms with van der Waals surface area (Å²) >= 11 is 0. The Balaban J connectivity index is 1.80. The van der Waals surface area contributed by atoms with Crippen molar-refractivity contribution in [3.05, 3.63) is 55.6 Å². The van der Waals surface area contributed by atoms with Crippen molar-refractivity contribution in [1.82, 2.24) is 5.32 Å². The Kier molecular flexibility index (Phi) is 7.61. The molecule has 0 heterocycles. The predicted molar refractivity (Wildman–Crippen MR) is 98.6 cm³/mol. The van der Waals surface area contributed by atoms with Gasteiger partial charge in [-0.3, -0.25) is 29.8 Å². The number of rotatable bonds is 9. The van der Waals surface area contributed by atoms with Crippen molar-refractivity contribution in [3.63, 3.8) is 0 Å². The van der Waals surface area contributed by atoms with E-state index in [9.17, 15) is 29.8 Å². The number of hydrogen-bond donors (Lipinski definition) is 1. The van der Waals surface area contributed by atoms with Crippen molar-refractivity contribution in [2.75, 3.05) is 13.2 Å². The van der Waals surface area contributed by atoms with Gasteiger partial charge in [-0.25, -0.2) is 0 Å². The highest BCUT2D eigenvalue weighted by molar-refractivity contribution is 5.81. The lowest BCUT2D eigenvalue weighted by atomic mass is 9.97. The number of carbonyl (C=O) groups excluding carboxylic acids is 2. The number of nitrogens with one attached hydrogen (secondary N) is 1. The summed E-state index contributed by atoms with van der Waals surface area (Å²) in [4.78, 5) is 43.8. The zero-order valence-corrected chi connectivity index (χ0v) is 15.2. The monoisotopic (exact) mass is 391 g/mol. The van der Waals surface area contributed by atoms with Crippen LogP contribution in [-0.2, 0) is 20.7 Å². The molecule has 0 saturated carbocycles. The van der Waals surface area contributed by atoms with Gasteiger partial charge in [-0.15, -0.1) is 0 Å². The number of benzene rings is 1. The van der Waals surface area contributed by atoms with Gasteiger partial charge in [-0.2, -0.15) is 0 Å². The molecule has 0 spiro atoms. The fourth-order valence-electron chi connectivity index (χ4n) is 2.88. The maximum atomic E-state index is 11.9. The molecule has 10 heteroatoms. The molecule has 1 aliphatic rings. The third-order valence-corrected chi connectivity index (χ3v) is 4.33. The number of nitrogens with zero attached hydrogens (tertiary/aromatic N) is 2. The number of non-ortho nitro benzene ring substituents is 1. The molecular weight excluding hydrogens is 370 g/mol. The van der Waals surface area contributed by atoms with Crippen LogP contribution < -0.4 is 5.32 Å². The average molecular weight is 391 g/mol. The Labute approximate surface area is 160 Å². The molecule has 0 unspecified atom stereocenters. The van der Waals surface area contributed by atoms with E-state index in [1.807, 2.05) is 0 Å². The summed E-state index contributed by atoms with van der Waals surface area (Å²) in [5, 5.41) is 24.4. The summed E-state index contributed by atoms with van der Waals surface area (Å²) in [6, 6.07) is 2.99. The van der Waals surface area contributed by atoms with Gasteiger partial charge in [0.2, 0.25) is 0 Å². The first-order chi connectivity index (χ1) is 13.4. The average Bonchev–Trinajstić information content (AvgIpc) is 2.67. The van der Waals surface area contributed by atoms with Crippen molar-refractivity contribution in [2.45, 2.75) is 38.5 Å². The van der Waals surface area contributed by atoms with E-state index in [0.717, 1.165) is 43.9 Å². The van der Waals surface area contributed by atoms with Gasteiger partial charge in [0.25, 0.3) is 17.3 Å². The zero-order valence-electron chi connectivity index (χ0n) is 15.2. The topological polar surface area (TPSA) is 142 Å². The molecular formula is C18H21N3O7. The molecule has 1 N–H and O–H groups in total. The molecule has 0 atom stereocenters. The number of esters is 1. The predicted octanol–water partition coefficient (Wildman–Crippen LogP) is 2.60. The van der Waals surface area contributed by atoms with Crippen molar-refractivity contribution in [1.29, 1.82) is 0 Å². The van der Waals surface area contributed by atoms with Crippen molar-refractivity contribution in [2.24, 2.45) is 0 Å². The van der Waals surface area contributed by atoms with E-state index in [4.69, 9.17) is 4.74 Å². The Morgan fingerprint density at radius 2 is 1.93 bits per heavy atom. The molecule has 150 valence electrons. The number of allylic oxidation sites excluding steroid dienone is 1. The second-order valence-corrected chi connectivity index (χ2v) is 6.37. The van der Waals surface area contributed by atoms with E-state index in [1.165, 1.54) is 12.0 Å². The van der Waals surface area contributed by atoms with Crippen LogP contribution in [0.1, 0.15) is 37.7 Å². The first-order valence-electron chi connectivity index (χ1n) is 8.88. The highest BCUT2D eigenvalue weighted by Gasteiger charge is 2.22. The summed E-state index contributed by atoms with van der Waals surface area (Å²) in [5.41, 5.74) is 0.298. The minimum absolute atomic E-state index is 0.0229. The van der Waals surface area contributed by atoms with Crippen LogP contribution in [0.3, 0.4) is 0 Å². The number of nitro benzene ring substituents is 2. The molecule has 2 rings (SSSR count). The maximum Gasteiger partial charge on any atom is 0.311 e. The minimum Gasteiger partial charge on any atom is -0.455 e. The molecule has 0 saturated heterocycles. The second kappa shape index (κ2) is 10.1. The standard InChI is InChI=1S/C18H21N3O7/c22-17(19-9-8-13-4-2-1-3-5-13)12-28-18(23)10-14-6-7-15(20(24)25)11-16(14)21(26)27/h4,6-7,11H,1-3,5,8-10,12H2,(H,19,22). The van der Waals surface area contributed by atoms with Crippen molar-refractivity contribution < 1.29 is 24.2 Å². The van der Waals surface area contributed by atoms with E-state index in [2.05, 4.69) is 11.4 Å². The van der Waals surface area contributed by atoms with Crippen LogP contribution in [-0.4, -0.2) is 34.9 Å². The Bertz CT molecular complexity index is 804. The summed E-state index contributed by atoms with van der Waals surface area (Å²) in [6.45, 7) is -0.0330. The summed E-state index contributed by atoms with van der Waals surface area (Å²) in [6.07, 6.45) is 6.94. The third-order valence-electron chi connectivity index (χ3n) is 4.33. The van der Waals surface area contributed by atoms with Gasteiger partial charge in [0.15, 0.2) is 6.61 Å². The molecule has 0 radical (unpaired) electrons. The fourth-order valence-corrected chi connectivity index (χ4v) is 2.88. The Morgan fingerprint density at radius 1 is 1.14 bits per heavy atom. The third kappa shape index (κ3) is 6.45. The van der Waals surface area contributed by atoms with Crippen molar-refractivity contribution >= 4 is 23.3 Å². The van der Waals surface area contributed by atoms with Crippen LogP contribution in [0.4, 0.5) is 11.4 Å². The van der Waals surface area contributed by atoms with Crippen molar-refractivity contribution in [3.8, 4) is 0 Å². The normalized spacial score (nSPS) is 13.4. The molecule has 1 aromatic carbocycles. The fraction of sp³-hybridized carbons (Fsp3) is 0.444. The second-order valence-electron chi connectivity index (χ2n) is 6.37. The molecule has 0 fully saturated rings. The Morgan fingerprint density at radius 3 is 2.57 bits per heavy atom. The van der Waals surface area contributed by atoms with Gasteiger partial charge in [0, 0.05) is 18.2 Å². The maximum absolute atomic E-state index is 11.9. The van der Waals surface area contributed by atoms with E-state index >= 15 is 0 Å². The summed E-state index contributed by atoms with van der Waals surface area (Å²) in [5.74, 6) is -1.29. The first kappa shape index (κ1) is 21.0. The highest BCUT2D eigenvalue weighted by atomic mass is 16.6. The van der Waals surface area contributed by atoms with Gasteiger partial charge in [0.1, 0.15) is 0 Å². The summed E-state index contributed by atoms with van der Waals surface area (Å²) in [7, 11) is 0. The molecule has 0 aliphatic heterocycles. The molecule has 28 heavy (non-hydrogen) atoms. The van der Waals surface area contributed by atoms with Crippen LogP contribution >= 0.6 is 0 Å². The largest absolute Gasteiger partial charge is 0.455 e. The van der Waals surface area contributed by atoms with Gasteiger partial charge in [-0.05, 0) is 38.2 Å². The van der Waals surface area contributed by atoms with E-state index < -0.39 is 46.1 Å². The number of ether oxygens (including phenoxy) is 1. The zero-order chi connectivity index (χ0) is 20.5. The van der Waals surface area contributed by atoms with Crippen LogP contribution in [0.25, 0.3) is 0 Å². The minimum atomic E-state index is -0.831. The number of carbonyl (C=O) groups is 2. The number of nitro groups is 2. The van der Waals surface area contributed by atoms with Crippen LogP contribution in [0.2, 0.25) is 0 Å². The number of amides is 1. The lowest BCUT2D eigenvalue weighted by molar-refractivity contribution is -0.394. The van der Waals surface area contributed by atoms with Crippen LogP contribution in [0.15, 0.2) is 29.8 Å². The number of hydrogen-bond acceptors (Lipinski definition) is 7. The Hall–Kier alpha value is -3.30. The SMILES string of the molecule is O=C(COC(=O)Cc1ccc([N+](=O)[O-])cc1[N+](=O)[O-])NCCC1=CCCCC1. The van der Waals surface area contributed by atoms with E-state index in [1.54, 1.807) is 0 Å². The van der Waals surface area contributed by atoms with Crippen LogP contribution in [0.5, 0.6) is 0 Å². The van der Waals surface area contributed by atoms with Gasteiger partial charge in [0.05, 0.1) is 22.3 Å². The van der Waals surface area contributed by atoms with E-state index in [-0.39, 0.29) is 5.56 Å². The smallest absolute Gasteiger partial charge is 0.311 e. The lowest BCUT2D eigenvalue weighted by Gasteiger charge is -2.13. The molecule has 0 bridgehead atoms. The van der Waals surface area contributed by atoms with Gasteiger partial charge in [-0.1, -0.05) is 11.6 Å². The van der Waals surface area contributed by atoms with E-state index in [0.29, 0.717) is 6.54 Å². The molecule has 1 aromatic rings. The molecule has 10 nitrogen and oxygen atoms in total. The molecule has 0 aromatic heterocycles. The summed E-state index contributed by atoms with van der Waals surface area (Å²) < 4.78 is 4.84. The highest BCUT2D eigenvalue weighted by Crippen LogP contribution is 2.25. The first-order valence-corrected chi connectivity index (χ1v) is 8.88. The lowest BCUT2D eigenvalue weighted by Crippen LogP contribution is -2.30. The quantitative estimate of drug-likeness (QED) is 0.295. The van der Waals surface area contributed by atoms with Gasteiger partial charge < -0.3 is 10.1 Å². The molecule has 1 amide bonds. The molecule has 1 aliphatic carbocycles. The van der Waals surface area contributed by atoms with Gasteiger partial charge >= 0.3 is 5.97 Å².